The lowest BCUT2D eigenvalue weighted by Gasteiger charge is -2.08. The topological polar surface area (TPSA) is 46.5 Å². The molecule has 0 amide bonds. The highest BCUT2D eigenvalue weighted by Gasteiger charge is 2.14. The molecule has 0 atom stereocenters. The fourth-order valence-corrected chi connectivity index (χ4v) is 1.59. The van der Waals surface area contributed by atoms with Gasteiger partial charge in [0.05, 0.1) is 4.47 Å². The highest BCUT2D eigenvalue weighted by molar-refractivity contribution is 9.10. The van der Waals surface area contributed by atoms with Gasteiger partial charge in [-0.1, -0.05) is 0 Å². The number of benzene rings is 1. The van der Waals surface area contributed by atoms with E-state index in [0.29, 0.717) is 0 Å². The molecule has 0 radical (unpaired) electrons. The summed E-state index contributed by atoms with van der Waals surface area (Å²) in [5.74, 6) is -2.83. The maximum atomic E-state index is 13.3. The summed E-state index contributed by atoms with van der Waals surface area (Å²) in [5.41, 5.74) is 0.207. The minimum absolute atomic E-state index is 0.0251. The van der Waals surface area contributed by atoms with Gasteiger partial charge in [-0.3, -0.25) is 0 Å². The molecular formula is C10H6BrF3O3. The fourth-order valence-electron chi connectivity index (χ4n) is 1.04. The van der Waals surface area contributed by atoms with Crippen molar-refractivity contribution < 1.29 is 27.8 Å². The van der Waals surface area contributed by atoms with Gasteiger partial charge < -0.3 is 9.84 Å². The number of carboxylic acid groups (broad SMARTS) is 1. The van der Waals surface area contributed by atoms with Crippen molar-refractivity contribution in [2.75, 3.05) is 0 Å². The van der Waals surface area contributed by atoms with Crippen molar-refractivity contribution in [1.82, 2.24) is 0 Å². The number of ether oxygens (including phenoxy) is 1. The van der Waals surface area contributed by atoms with Crippen molar-refractivity contribution >= 4 is 28.0 Å². The molecule has 0 fully saturated rings. The molecule has 0 saturated heterocycles. The van der Waals surface area contributed by atoms with Crippen molar-refractivity contribution in [2.45, 2.75) is 6.61 Å². The molecule has 0 aromatic heterocycles. The van der Waals surface area contributed by atoms with E-state index in [1.807, 2.05) is 0 Å². The lowest BCUT2D eigenvalue weighted by atomic mass is 10.2. The molecule has 1 aromatic rings. The summed E-state index contributed by atoms with van der Waals surface area (Å²) in [6, 6.07) is 2.15. The molecule has 0 aliphatic heterocycles. The fraction of sp³-hybridized carbons (Fsp3) is 0.100. The maximum absolute atomic E-state index is 13.3. The first-order valence-electron chi connectivity index (χ1n) is 4.25. The van der Waals surface area contributed by atoms with E-state index >= 15 is 0 Å². The molecule has 0 aliphatic rings. The zero-order chi connectivity index (χ0) is 13.0. The lowest BCUT2D eigenvalue weighted by Crippen LogP contribution is -2.04. The molecule has 0 unspecified atom stereocenters. The summed E-state index contributed by atoms with van der Waals surface area (Å²) < 4.78 is 41.1. The third-order valence-corrected chi connectivity index (χ3v) is 2.23. The van der Waals surface area contributed by atoms with Crippen LogP contribution in [0.5, 0.6) is 5.75 Å². The second kappa shape index (κ2) is 5.72. The molecule has 0 spiro atoms. The zero-order valence-electron chi connectivity index (χ0n) is 8.16. The smallest absolute Gasteiger partial charge is 0.387 e. The number of carboxylic acids is 1. The van der Waals surface area contributed by atoms with Gasteiger partial charge in [0.1, 0.15) is 0 Å². The Bertz CT molecular complexity index is 437. The van der Waals surface area contributed by atoms with E-state index in [1.165, 1.54) is 6.07 Å². The molecule has 7 heteroatoms. The van der Waals surface area contributed by atoms with Crippen LogP contribution in [-0.2, 0) is 4.79 Å². The second-order valence-electron chi connectivity index (χ2n) is 2.86. The van der Waals surface area contributed by atoms with Gasteiger partial charge in [0.2, 0.25) is 0 Å². The van der Waals surface area contributed by atoms with E-state index in [4.69, 9.17) is 5.11 Å². The molecule has 92 valence electrons. The minimum Gasteiger partial charge on any atom is -0.478 e. The molecular weight excluding hydrogens is 305 g/mol. The molecule has 1 rings (SSSR count). The summed E-state index contributed by atoms with van der Waals surface area (Å²) in [6.07, 6.45) is 1.93. The van der Waals surface area contributed by atoms with Gasteiger partial charge in [0, 0.05) is 6.08 Å². The largest absolute Gasteiger partial charge is 0.478 e. The molecule has 0 heterocycles. The summed E-state index contributed by atoms with van der Waals surface area (Å²) in [5, 5.41) is 8.37. The molecule has 17 heavy (non-hydrogen) atoms. The quantitative estimate of drug-likeness (QED) is 0.868. The van der Waals surface area contributed by atoms with Crippen LogP contribution < -0.4 is 4.74 Å². The number of halogens is 4. The van der Waals surface area contributed by atoms with Crippen molar-refractivity contribution in [2.24, 2.45) is 0 Å². The number of hydrogen-bond donors (Lipinski definition) is 1. The van der Waals surface area contributed by atoms with Crippen LogP contribution in [0.3, 0.4) is 0 Å². The first-order valence-corrected chi connectivity index (χ1v) is 5.04. The van der Waals surface area contributed by atoms with Gasteiger partial charge >= 0.3 is 12.6 Å². The Balaban J connectivity index is 3.05. The Labute approximate surface area is 103 Å². The molecule has 0 saturated carbocycles. The predicted octanol–water partition coefficient (Wildman–Crippen LogP) is 3.29. The van der Waals surface area contributed by atoms with Gasteiger partial charge in [-0.15, -0.1) is 0 Å². The van der Waals surface area contributed by atoms with E-state index in [0.717, 1.165) is 18.2 Å². The maximum Gasteiger partial charge on any atom is 0.387 e. The van der Waals surface area contributed by atoms with Gasteiger partial charge in [-0.05, 0) is 39.7 Å². The summed E-state index contributed by atoms with van der Waals surface area (Å²) >= 11 is 2.85. The van der Waals surface area contributed by atoms with E-state index in [1.54, 1.807) is 0 Å². The van der Waals surface area contributed by atoms with Crippen LogP contribution in [0.4, 0.5) is 13.2 Å². The number of carbonyl (C=O) groups is 1. The predicted molar refractivity (Wildman–Crippen MR) is 57.4 cm³/mol. The molecule has 3 nitrogen and oxygen atoms in total. The molecule has 0 bridgehead atoms. The highest BCUT2D eigenvalue weighted by Crippen LogP contribution is 2.31. The Kier molecular flexibility index (Phi) is 4.56. The Morgan fingerprint density at radius 3 is 2.59 bits per heavy atom. The van der Waals surface area contributed by atoms with Crippen molar-refractivity contribution in [1.29, 1.82) is 0 Å². The van der Waals surface area contributed by atoms with E-state index < -0.39 is 24.1 Å². The van der Waals surface area contributed by atoms with Crippen LogP contribution in [-0.4, -0.2) is 17.7 Å². The van der Waals surface area contributed by atoms with E-state index in [-0.39, 0.29) is 10.0 Å². The first-order chi connectivity index (χ1) is 7.90. The van der Waals surface area contributed by atoms with Crippen molar-refractivity contribution in [3.8, 4) is 5.75 Å². The number of alkyl halides is 2. The average molecular weight is 311 g/mol. The summed E-state index contributed by atoms with van der Waals surface area (Å²) in [6.45, 7) is -3.14. The normalized spacial score (nSPS) is 11.1. The van der Waals surface area contributed by atoms with Crippen LogP contribution in [0.15, 0.2) is 22.7 Å². The zero-order valence-corrected chi connectivity index (χ0v) is 9.75. The number of rotatable bonds is 4. The highest BCUT2D eigenvalue weighted by atomic mass is 79.9. The monoisotopic (exact) mass is 310 g/mol. The van der Waals surface area contributed by atoms with Gasteiger partial charge in [0.15, 0.2) is 11.6 Å². The SMILES string of the molecule is O=C(O)/C=C/c1cc(F)c(OC(F)F)c(Br)c1. The minimum atomic E-state index is -3.14. The van der Waals surface area contributed by atoms with Crippen LogP contribution >= 0.6 is 15.9 Å². The number of hydrogen-bond acceptors (Lipinski definition) is 2. The van der Waals surface area contributed by atoms with Gasteiger partial charge in [0.25, 0.3) is 0 Å². The van der Waals surface area contributed by atoms with Crippen LogP contribution in [0.1, 0.15) is 5.56 Å². The van der Waals surface area contributed by atoms with Crippen molar-refractivity contribution in [3.05, 3.63) is 34.1 Å². The molecule has 0 aliphatic carbocycles. The standard InChI is InChI=1S/C10H6BrF3O3/c11-6-3-5(1-2-8(15)16)4-7(12)9(6)17-10(13)14/h1-4,10H,(H,15,16)/b2-1+. The summed E-state index contributed by atoms with van der Waals surface area (Å²) in [7, 11) is 0. The number of aliphatic carboxylic acids is 1. The first kappa shape index (κ1) is 13.6. The molecule has 1 N–H and O–H groups in total. The summed E-state index contributed by atoms with van der Waals surface area (Å²) in [4.78, 5) is 10.2. The van der Waals surface area contributed by atoms with Crippen LogP contribution in [0.2, 0.25) is 0 Å². The Morgan fingerprint density at radius 1 is 1.47 bits per heavy atom. The molecule has 1 aromatic carbocycles. The Morgan fingerprint density at radius 2 is 2.12 bits per heavy atom. The van der Waals surface area contributed by atoms with Crippen molar-refractivity contribution in [3.63, 3.8) is 0 Å². The Hall–Kier alpha value is -1.50. The van der Waals surface area contributed by atoms with E-state index in [9.17, 15) is 18.0 Å². The van der Waals surface area contributed by atoms with Gasteiger partial charge in [-0.25, -0.2) is 9.18 Å². The second-order valence-corrected chi connectivity index (χ2v) is 3.72. The van der Waals surface area contributed by atoms with Crippen LogP contribution in [0.25, 0.3) is 6.08 Å². The lowest BCUT2D eigenvalue weighted by molar-refractivity contribution is -0.131. The third-order valence-electron chi connectivity index (χ3n) is 1.65. The average Bonchev–Trinajstić information content (AvgIpc) is 2.20. The van der Waals surface area contributed by atoms with E-state index in [2.05, 4.69) is 20.7 Å². The third kappa shape index (κ3) is 4.10. The van der Waals surface area contributed by atoms with Gasteiger partial charge in [-0.2, -0.15) is 8.78 Å². The van der Waals surface area contributed by atoms with Crippen LogP contribution in [0, 0.1) is 5.82 Å².